The Morgan fingerprint density at radius 1 is 1.00 bits per heavy atom. The van der Waals surface area contributed by atoms with Crippen molar-refractivity contribution in [3.8, 4) is 0 Å². The summed E-state index contributed by atoms with van der Waals surface area (Å²) in [5.74, 6) is 0. The van der Waals surface area contributed by atoms with Crippen LogP contribution in [0.1, 0.15) is 33.3 Å². The first-order chi connectivity index (χ1) is 6.83. The molecule has 0 saturated carbocycles. The average molecular weight is 196 g/mol. The van der Waals surface area contributed by atoms with Gasteiger partial charge in [-0.3, -0.25) is 0 Å². The maximum absolute atomic E-state index is 5.50. The highest BCUT2D eigenvalue weighted by atomic mass is 14.8. The van der Waals surface area contributed by atoms with Gasteiger partial charge in [0.25, 0.3) is 0 Å². The maximum Gasteiger partial charge on any atom is 0.0314 e. The monoisotopic (exact) mass is 196 g/mol. The van der Waals surface area contributed by atoms with E-state index >= 15 is 0 Å². The van der Waals surface area contributed by atoms with Crippen molar-refractivity contribution in [1.82, 2.24) is 5.32 Å². The second-order valence-electron chi connectivity index (χ2n) is 2.27. The van der Waals surface area contributed by atoms with Gasteiger partial charge in [-0.05, 0) is 24.7 Å². The summed E-state index contributed by atoms with van der Waals surface area (Å²) in [6, 6.07) is 7.86. The van der Waals surface area contributed by atoms with Gasteiger partial charge in [-0.25, -0.2) is 0 Å². The normalized spacial score (nSPS) is 7.79. The molecule has 0 aliphatic carbocycles. The second-order valence-corrected chi connectivity index (χ2v) is 2.27. The Morgan fingerprint density at radius 2 is 1.43 bits per heavy atom. The first-order valence-corrected chi connectivity index (χ1v) is 5.32. The smallest absolute Gasteiger partial charge is 0.0314 e. The summed E-state index contributed by atoms with van der Waals surface area (Å²) in [6.07, 6.45) is 0. The molecule has 0 heterocycles. The summed E-state index contributed by atoms with van der Waals surface area (Å²) in [4.78, 5) is 0. The molecule has 2 heteroatoms. The van der Waals surface area contributed by atoms with E-state index in [1.54, 1.807) is 0 Å². The summed E-state index contributed by atoms with van der Waals surface area (Å²) < 4.78 is 0. The third-order valence-corrected chi connectivity index (χ3v) is 1.36. The Labute approximate surface area is 88.5 Å². The lowest BCUT2D eigenvalue weighted by molar-refractivity contribution is 0.818. The van der Waals surface area contributed by atoms with Crippen molar-refractivity contribution in [2.24, 2.45) is 0 Å². The third kappa shape index (κ3) is 7.62. The summed E-state index contributed by atoms with van der Waals surface area (Å²) in [6.45, 7) is 8.90. The first-order valence-electron chi connectivity index (χ1n) is 5.32. The van der Waals surface area contributed by atoms with Gasteiger partial charge < -0.3 is 11.1 Å². The summed E-state index contributed by atoms with van der Waals surface area (Å²) >= 11 is 0. The lowest BCUT2D eigenvalue weighted by Gasteiger charge is -1.98. The van der Waals surface area contributed by atoms with E-state index < -0.39 is 0 Å². The molecule has 0 unspecified atom stereocenters. The largest absolute Gasteiger partial charge is 0.399 e. The number of nitrogen functional groups attached to an aromatic ring is 1. The lowest BCUT2D eigenvalue weighted by Crippen LogP contribution is -2.04. The van der Waals surface area contributed by atoms with E-state index in [1.165, 1.54) is 5.56 Å². The molecule has 0 spiro atoms. The molecular weight excluding hydrogens is 172 g/mol. The molecule has 0 amide bonds. The van der Waals surface area contributed by atoms with Crippen LogP contribution in [0.25, 0.3) is 0 Å². The van der Waals surface area contributed by atoms with Crippen molar-refractivity contribution in [3.63, 3.8) is 0 Å². The summed E-state index contributed by atoms with van der Waals surface area (Å²) in [5, 5.41) is 3.06. The van der Waals surface area contributed by atoms with E-state index in [-0.39, 0.29) is 0 Å². The number of benzene rings is 1. The standard InChI is InChI=1S/C8H12N2.2C2H6/c1-10-6-7-2-4-8(9)5-3-7;2*1-2/h2-5,10H,6,9H2,1H3;2*1-2H3. The number of anilines is 1. The van der Waals surface area contributed by atoms with Crippen molar-refractivity contribution in [1.29, 1.82) is 0 Å². The van der Waals surface area contributed by atoms with E-state index in [9.17, 15) is 0 Å². The highest BCUT2D eigenvalue weighted by Crippen LogP contribution is 2.04. The zero-order valence-corrected chi connectivity index (χ0v) is 10.1. The van der Waals surface area contributed by atoms with Gasteiger partial charge in [0.15, 0.2) is 0 Å². The molecule has 82 valence electrons. The molecule has 0 aliphatic heterocycles. The SMILES string of the molecule is CC.CC.CNCc1ccc(N)cc1. The van der Waals surface area contributed by atoms with Crippen LogP contribution in [-0.2, 0) is 6.54 Å². The van der Waals surface area contributed by atoms with Gasteiger partial charge in [-0.15, -0.1) is 0 Å². The molecule has 3 N–H and O–H groups in total. The first kappa shape index (κ1) is 15.5. The fraction of sp³-hybridized carbons (Fsp3) is 0.500. The molecule has 0 radical (unpaired) electrons. The molecule has 0 bridgehead atoms. The van der Waals surface area contributed by atoms with Gasteiger partial charge in [0, 0.05) is 12.2 Å². The molecule has 1 aromatic carbocycles. The van der Waals surface area contributed by atoms with E-state index in [1.807, 2.05) is 59.0 Å². The van der Waals surface area contributed by atoms with Crippen molar-refractivity contribution in [3.05, 3.63) is 29.8 Å². The zero-order chi connectivity index (χ0) is 11.4. The molecule has 0 fully saturated rings. The highest BCUT2D eigenvalue weighted by Gasteiger charge is 1.87. The summed E-state index contributed by atoms with van der Waals surface area (Å²) in [7, 11) is 1.93. The Kier molecular flexibility index (Phi) is 13.2. The minimum atomic E-state index is 0.819. The number of hydrogen-bond donors (Lipinski definition) is 2. The number of nitrogens with two attached hydrogens (primary N) is 1. The fourth-order valence-electron chi connectivity index (χ4n) is 0.840. The average Bonchev–Trinajstić information content (AvgIpc) is 2.28. The number of hydrogen-bond acceptors (Lipinski definition) is 2. The van der Waals surface area contributed by atoms with Gasteiger partial charge in [-0.1, -0.05) is 39.8 Å². The van der Waals surface area contributed by atoms with Crippen molar-refractivity contribution in [2.45, 2.75) is 34.2 Å². The van der Waals surface area contributed by atoms with Gasteiger partial charge in [0.2, 0.25) is 0 Å². The van der Waals surface area contributed by atoms with Gasteiger partial charge in [0.05, 0.1) is 0 Å². The number of rotatable bonds is 2. The van der Waals surface area contributed by atoms with Crippen molar-refractivity contribution in [2.75, 3.05) is 12.8 Å². The molecule has 0 aromatic heterocycles. The van der Waals surface area contributed by atoms with Crippen LogP contribution < -0.4 is 11.1 Å². The van der Waals surface area contributed by atoms with Crippen LogP contribution in [0.2, 0.25) is 0 Å². The molecule has 1 rings (SSSR count). The van der Waals surface area contributed by atoms with E-state index in [0.717, 1.165) is 12.2 Å². The molecule has 0 saturated heterocycles. The number of nitrogens with one attached hydrogen (secondary N) is 1. The predicted molar refractivity (Wildman–Crippen MR) is 66.3 cm³/mol. The van der Waals surface area contributed by atoms with Crippen LogP contribution in [0.15, 0.2) is 24.3 Å². The van der Waals surface area contributed by atoms with E-state index in [4.69, 9.17) is 5.73 Å². The van der Waals surface area contributed by atoms with Gasteiger partial charge in [0.1, 0.15) is 0 Å². The van der Waals surface area contributed by atoms with E-state index in [0.29, 0.717) is 0 Å². The van der Waals surface area contributed by atoms with Gasteiger partial charge in [-0.2, -0.15) is 0 Å². The van der Waals surface area contributed by atoms with Crippen LogP contribution in [-0.4, -0.2) is 7.05 Å². The zero-order valence-electron chi connectivity index (χ0n) is 10.1. The molecule has 2 nitrogen and oxygen atoms in total. The molecule has 14 heavy (non-hydrogen) atoms. The Hall–Kier alpha value is -1.02. The van der Waals surface area contributed by atoms with Crippen molar-refractivity contribution < 1.29 is 0 Å². The fourth-order valence-corrected chi connectivity index (χ4v) is 0.840. The Bertz CT molecular complexity index is 192. The Morgan fingerprint density at radius 3 is 1.79 bits per heavy atom. The minimum absolute atomic E-state index is 0.819. The molecular formula is C12H24N2. The minimum Gasteiger partial charge on any atom is -0.399 e. The quantitative estimate of drug-likeness (QED) is 0.713. The predicted octanol–water partition coefficient (Wildman–Crippen LogP) is 3.04. The third-order valence-electron chi connectivity index (χ3n) is 1.36. The topological polar surface area (TPSA) is 38.0 Å². The lowest BCUT2D eigenvalue weighted by atomic mass is 10.2. The van der Waals surface area contributed by atoms with Gasteiger partial charge >= 0.3 is 0 Å². The highest BCUT2D eigenvalue weighted by molar-refractivity contribution is 5.39. The van der Waals surface area contributed by atoms with Crippen LogP contribution in [0, 0.1) is 0 Å². The van der Waals surface area contributed by atoms with E-state index in [2.05, 4.69) is 5.32 Å². The molecule has 1 aromatic rings. The van der Waals surface area contributed by atoms with Crippen LogP contribution in [0.5, 0.6) is 0 Å². The van der Waals surface area contributed by atoms with Crippen molar-refractivity contribution >= 4 is 5.69 Å². The van der Waals surface area contributed by atoms with Crippen LogP contribution in [0.4, 0.5) is 5.69 Å². The maximum atomic E-state index is 5.50. The second kappa shape index (κ2) is 12.0. The van der Waals surface area contributed by atoms with Crippen LogP contribution >= 0.6 is 0 Å². The molecule has 0 atom stereocenters. The summed E-state index contributed by atoms with van der Waals surface area (Å²) in [5.41, 5.74) is 7.58. The van der Waals surface area contributed by atoms with Crippen LogP contribution in [0.3, 0.4) is 0 Å². The molecule has 0 aliphatic rings. The Balaban J connectivity index is 0.